The van der Waals surface area contributed by atoms with E-state index in [9.17, 15) is 4.21 Å². The van der Waals surface area contributed by atoms with Crippen molar-refractivity contribution in [2.24, 2.45) is 4.40 Å². The molecule has 16 heavy (non-hydrogen) atoms. The van der Waals surface area contributed by atoms with E-state index < -0.39 is 11.0 Å². The molecule has 0 aliphatic rings. The summed E-state index contributed by atoms with van der Waals surface area (Å²) in [6.45, 7) is 7.57. The molecule has 0 N–H and O–H groups in total. The van der Waals surface area contributed by atoms with Crippen LogP contribution in [0.15, 0.2) is 28.7 Å². The van der Waals surface area contributed by atoms with Crippen LogP contribution in [0.2, 0.25) is 5.02 Å². The van der Waals surface area contributed by atoms with Gasteiger partial charge in [0.2, 0.25) is 0 Å². The Morgan fingerprint density at radius 2 is 1.75 bits per heavy atom. The molecule has 0 heterocycles. The Bertz CT molecular complexity index is 418. The number of rotatable bonds is 2. The highest BCUT2D eigenvalue weighted by molar-refractivity contribution is 7.85. The maximum absolute atomic E-state index is 11.8. The van der Waals surface area contributed by atoms with Crippen molar-refractivity contribution in [2.75, 3.05) is 0 Å². The summed E-state index contributed by atoms with van der Waals surface area (Å²) in [7, 11) is -1.22. The van der Waals surface area contributed by atoms with Gasteiger partial charge in [0.15, 0.2) is 0 Å². The maximum Gasteiger partial charge on any atom is 0.145 e. The lowest BCUT2D eigenvalue weighted by Crippen LogP contribution is -2.20. The molecule has 1 aromatic carbocycles. The molecule has 0 fully saturated rings. The Morgan fingerprint density at radius 1 is 1.25 bits per heavy atom. The number of halogens is 1. The van der Waals surface area contributed by atoms with Crippen LogP contribution in [0.1, 0.15) is 33.3 Å². The van der Waals surface area contributed by atoms with Crippen LogP contribution < -0.4 is 0 Å². The van der Waals surface area contributed by atoms with Crippen molar-refractivity contribution < 1.29 is 4.21 Å². The molecule has 0 aliphatic heterocycles. The van der Waals surface area contributed by atoms with Gasteiger partial charge >= 0.3 is 0 Å². The van der Waals surface area contributed by atoms with Crippen LogP contribution in [0.4, 0.5) is 0 Å². The Labute approximate surface area is 104 Å². The normalized spacial score (nSPS) is 14.9. The predicted octanol–water partition coefficient (Wildman–Crippen LogP) is 3.61. The first-order chi connectivity index (χ1) is 7.30. The zero-order chi connectivity index (χ0) is 12.3. The first-order valence-corrected chi connectivity index (χ1v) is 6.52. The highest BCUT2D eigenvalue weighted by Gasteiger charge is 2.19. The molecular weight excluding hydrogens is 242 g/mol. The Kier molecular flexibility index (Phi) is 4.28. The van der Waals surface area contributed by atoms with Crippen molar-refractivity contribution in [3.8, 4) is 0 Å². The molecule has 0 amide bonds. The molecule has 0 spiro atoms. The molecular formula is C12H16ClNOS. The van der Waals surface area contributed by atoms with E-state index in [1.54, 1.807) is 12.1 Å². The van der Waals surface area contributed by atoms with E-state index in [4.69, 9.17) is 11.6 Å². The van der Waals surface area contributed by atoms with Crippen LogP contribution in [0.5, 0.6) is 0 Å². The highest BCUT2D eigenvalue weighted by Crippen LogP contribution is 2.15. The van der Waals surface area contributed by atoms with Crippen LogP contribution in [-0.4, -0.2) is 14.7 Å². The largest absolute Gasteiger partial charge is 0.234 e. The molecule has 0 aromatic heterocycles. The summed E-state index contributed by atoms with van der Waals surface area (Å²) >= 11 is 5.79. The molecule has 0 radical (unpaired) electrons. The molecule has 0 bridgehead atoms. The third-order valence-corrected chi connectivity index (χ3v) is 3.75. The van der Waals surface area contributed by atoms with Crippen LogP contribution in [-0.2, 0) is 11.0 Å². The van der Waals surface area contributed by atoms with Gasteiger partial charge in [-0.25, -0.2) is 4.21 Å². The molecule has 0 saturated heterocycles. The quantitative estimate of drug-likeness (QED) is 0.745. The van der Waals surface area contributed by atoms with E-state index in [1.165, 1.54) is 0 Å². The van der Waals surface area contributed by atoms with E-state index in [1.807, 2.05) is 39.8 Å². The van der Waals surface area contributed by atoms with Crippen molar-refractivity contribution >= 4 is 28.3 Å². The van der Waals surface area contributed by atoms with E-state index in [0.29, 0.717) is 5.02 Å². The maximum atomic E-state index is 11.8. The van der Waals surface area contributed by atoms with Crippen LogP contribution in [0, 0.1) is 0 Å². The zero-order valence-corrected chi connectivity index (χ0v) is 11.5. The smallest absolute Gasteiger partial charge is 0.145 e. The fourth-order valence-corrected chi connectivity index (χ4v) is 1.76. The summed E-state index contributed by atoms with van der Waals surface area (Å²) in [6, 6.07) is 7.36. The van der Waals surface area contributed by atoms with Gasteiger partial charge in [0.05, 0.1) is 10.5 Å². The molecule has 0 unspecified atom stereocenters. The van der Waals surface area contributed by atoms with Gasteiger partial charge in [-0.05, 0) is 45.4 Å². The molecule has 2 nitrogen and oxygen atoms in total. The highest BCUT2D eigenvalue weighted by atomic mass is 35.5. The minimum Gasteiger partial charge on any atom is -0.234 e. The molecule has 1 aromatic rings. The van der Waals surface area contributed by atoms with Crippen molar-refractivity contribution in [3.63, 3.8) is 0 Å². The van der Waals surface area contributed by atoms with Crippen LogP contribution in [0.3, 0.4) is 0 Å². The third kappa shape index (κ3) is 3.72. The minimum absolute atomic E-state index is 0.326. The van der Waals surface area contributed by atoms with Gasteiger partial charge in [0, 0.05) is 5.02 Å². The summed E-state index contributed by atoms with van der Waals surface area (Å²) in [5.41, 5.74) is 1.71. The van der Waals surface area contributed by atoms with Gasteiger partial charge < -0.3 is 0 Å². The second-order valence-corrected chi connectivity index (χ2v) is 6.89. The Hall–Kier alpha value is -0.670. The summed E-state index contributed by atoms with van der Waals surface area (Å²) in [5.74, 6) is 0. The third-order valence-electron chi connectivity index (χ3n) is 2.01. The summed E-state index contributed by atoms with van der Waals surface area (Å²) in [6.07, 6.45) is 0. The average molecular weight is 258 g/mol. The predicted molar refractivity (Wildman–Crippen MR) is 71.6 cm³/mol. The van der Waals surface area contributed by atoms with Gasteiger partial charge in [0.25, 0.3) is 0 Å². The van der Waals surface area contributed by atoms with Crippen molar-refractivity contribution in [1.82, 2.24) is 0 Å². The van der Waals surface area contributed by atoms with Gasteiger partial charge in [0.1, 0.15) is 11.0 Å². The number of hydrogen-bond donors (Lipinski definition) is 0. The van der Waals surface area contributed by atoms with Crippen molar-refractivity contribution in [3.05, 3.63) is 34.9 Å². The minimum atomic E-state index is -1.22. The summed E-state index contributed by atoms with van der Waals surface area (Å²) < 4.78 is 15.7. The van der Waals surface area contributed by atoms with E-state index in [0.717, 1.165) is 11.3 Å². The first-order valence-electron chi connectivity index (χ1n) is 5.04. The van der Waals surface area contributed by atoms with Crippen LogP contribution in [0.25, 0.3) is 0 Å². The lowest BCUT2D eigenvalue weighted by molar-refractivity contribution is 0.650. The lowest BCUT2D eigenvalue weighted by atomic mass is 10.1. The molecule has 0 aliphatic carbocycles. The Morgan fingerprint density at radius 3 is 2.19 bits per heavy atom. The standard InChI is InChI=1S/C12H16ClNOS/c1-9(14-16(15)12(2,3)4)10-5-7-11(13)8-6-10/h5-8H,1-4H3/b14-9+/t16-/m1/s1. The van der Waals surface area contributed by atoms with Crippen molar-refractivity contribution in [1.29, 1.82) is 0 Å². The number of benzene rings is 1. The molecule has 1 rings (SSSR count). The lowest BCUT2D eigenvalue weighted by Gasteiger charge is -2.14. The molecule has 1 atom stereocenters. The number of nitrogens with zero attached hydrogens (tertiary/aromatic N) is 1. The summed E-state index contributed by atoms with van der Waals surface area (Å²) in [5, 5.41) is 0.688. The molecule has 0 saturated carbocycles. The second-order valence-electron chi connectivity index (χ2n) is 4.55. The second kappa shape index (κ2) is 5.11. The van der Waals surface area contributed by atoms with E-state index >= 15 is 0 Å². The topological polar surface area (TPSA) is 29.4 Å². The first kappa shape index (κ1) is 13.4. The summed E-state index contributed by atoms with van der Waals surface area (Å²) in [4.78, 5) is 0. The van der Waals surface area contributed by atoms with Gasteiger partial charge in [-0.1, -0.05) is 23.7 Å². The molecule has 4 heteroatoms. The zero-order valence-electron chi connectivity index (χ0n) is 9.95. The average Bonchev–Trinajstić information content (AvgIpc) is 2.17. The molecule has 88 valence electrons. The fraction of sp³-hybridized carbons (Fsp3) is 0.417. The van der Waals surface area contributed by atoms with Crippen molar-refractivity contribution in [2.45, 2.75) is 32.4 Å². The van der Waals surface area contributed by atoms with E-state index in [-0.39, 0.29) is 4.75 Å². The fourth-order valence-electron chi connectivity index (χ4n) is 1.01. The number of hydrogen-bond acceptors (Lipinski definition) is 1. The van der Waals surface area contributed by atoms with E-state index in [2.05, 4.69) is 4.40 Å². The van der Waals surface area contributed by atoms with Gasteiger partial charge in [-0.15, -0.1) is 0 Å². The Balaban J connectivity index is 2.94. The van der Waals surface area contributed by atoms with Gasteiger partial charge in [-0.2, -0.15) is 4.40 Å². The monoisotopic (exact) mass is 257 g/mol. The van der Waals surface area contributed by atoms with Crippen LogP contribution >= 0.6 is 11.6 Å². The van der Waals surface area contributed by atoms with Gasteiger partial charge in [-0.3, -0.25) is 0 Å². The SMILES string of the molecule is C/C(=N\[S@](=O)C(C)(C)C)c1ccc(Cl)cc1.